The van der Waals surface area contributed by atoms with Crippen LogP contribution in [0.25, 0.3) is 0 Å². The summed E-state index contributed by atoms with van der Waals surface area (Å²) in [6, 6.07) is 0. The summed E-state index contributed by atoms with van der Waals surface area (Å²) in [7, 11) is 7.07. The van der Waals surface area contributed by atoms with Gasteiger partial charge in [-0.3, -0.25) is 15.1 Å². The van der Waals surface area contributed by atoms with Gasteiger partial charge in [0.1, 0.15) is 0 Å². The highest BCUT2D eigenvalue weighted by atomic mass is 32.2. The van der Waals surface area contributed by atoms with Crippen LogP contribution < -0.4 is 0 Å². The molecule has 0 fully saturated rings. The van der Waals surface area contributed by atoms with E-state index in [0.717, 1.165) is 0 Å². The van der Waals surface area contributed by atoms with Crippen molar-refractivity contribution in [2.24, 2.45) is 4.99 Å². The summed E-state index contributed by atoms with van der Waals surface area (Å²) in [5.74, 6) is 0.511. The summed E-state index contributed by atoms with van der Waals surface area (Å²) in [6.07, 6.45) is 3.38. The molecule has 0 amide bonds. The maximum Gasteiger partial charge on any atom is 0.340 e. The minimum absolute atomic E-state index is 0.0133. The van der Waals surface area contributed by atoms with Gasteiger partial charge in [0.2, 0.25) is 0 Å². The molecule has 0 saturated heterocycles. The molecule has 0 atom stereocenters. The predicted molar refractivity (Wildman–Crippen MR) is 77.4 cm³/mol. The predicted octanol–water partition coefficient (Wildman–Crippen LogP) is 1.50. The highest BCUT2D eigenvalue weighted by Crippen LogP contribution is 2.18. The van der Waals surface area contributed by atoms with Gasteiger partial charge in [-0.05, 0) is 6.26 Å². The molecule has 0 radical (unpaired) electrons. The fraction of sp³-hybridized carbons (Fsp3) is 0.545. The van der Waals surface area contributed by atoms with Gasteiger partial charge in [-0.2, -0.15) is 0 Å². The molecule has 0 bridgehead atoms. The molecule has 0 spiro atoms. The van der Waals surface area contributed by atoms with Gasteiger partial charge in [0, 0.05) is 28.2 Å². The Hall–Kier alpha value is -1.50. The Kier molecular flexibility index (Phi) is 7.11. The van der Waals surface area contributed by atoms with E-state index < -0.39 is 4.92 Å². The Morgan fingerprint density at radius 2 is 1.89 bits per heavy atom. The standard InChI is InChI=1S/C11H20N4O2S/c1-7-8-12-10(18-6)9(15(16)17)11(13(2)3)14(4)5/h7H,1,8H2,2-6H3. The zero-order chi connectivity index (χ0) is 14.3. The lowest BCUT2D eigenvalue weighted by atomic mass is 10.4. The van der Waals surface area contributed by atoms with Gasteiger partial charge in [-0.25, -0.2) is 0 Å². The normalized spacial score (nSPS) is 10.8. The van der Waals surface area contributed by atoms with Crippen molar-refractivity contribution >= 4 is 16.8 Å². The third-order valence-electron chi connectivity index (χ3n) is 2.00. The van der Waals surface area contributed by atoms with Gasteiger partial charge in [0.15, 0.2) is 10.9 Å². The lowest BCUT2D eigenvalue weighted by molar-refractivity contribution is -0.417. The SMILES string of the molecule is C=CCN=C(SC)C(=C(N(C)C)N(C)C)[N+](=O)[O-]. The molecule has 18 heavy (non-hydrogen) atoms. The van der Waals surface area contributed by atoms with Crippen molar-refractivity contribution in [3.05, 3.63) is 34.3 Å². The molecule has 6 nitrogen and oxygen atoms in total. The summed E-state index contributed by atoms with van der Waals surface area (Å²) in [6.45, 7) is 3.93. The molecule has 0 aliphatic heterocycles. The first-order valence-electron chi connectivity index (χ1n) is 5.29. The average Bonchev–Trinajstić information content (AvgIpc) is 2.26. The van der Waals surface area contributed by atoms with Crippen molar-refractivity contribution in [2.45, 2.75) is 0 Å². The van der Waals surface area contributed by atoms with Gasteiger partial charge in [0.25, 0.3) is 0 Å². The zero-order valence-corrected chi connectivity index (χ0v) is 12.3. The van der Waals surface area contributed by atoms with Crippen LogP contribution in [0.15, 0.2) is 29.2 Å². The average molecular weight is 272 g/mol. The van der Waals surface area contributed by atoms with Crippen molar-refractivity contribution in [2.75, 3.05) is 41.0 Å². The Balaban J connectivity index is 5.85. The number of thioether (sulfide) groups is 1. The second kappa shape index (κ2) is 7.75. The number of hydrogen-bond acceptors (Lipinski definition) is 6. The first-order chi connectivity index (χ1) is 8.36. The minimum atomic E-state index is -0.395. The van der Waals surface area contributed by atoms with Crippen LogP contribution in [0.4, 0.5) is 0 Å². The molecule has 0 rings (SSSR count). The Morgan fingerprint density at radius 3 is 2.17 bits per heavy atom. The van der Waals surface area contributed by atoms with Crippen LogP contribution in [-0.2, 0) is 0 Å². The van der Waals surface area contributed by atoms with E-state index in [2.05, 4.69) is 11.6 Å². The van der Waals surface area contributed by atoms with Gasteiger partial charge >= 0.3 is 5.70 Å². The number of rotatable bonds is 6. The topological polar surface area (TPSA) is 62.0 Å². The van der Waals surface area contributed by atoms with E-state index in [1.54, 1.807) is 50.3 Å². The zero-order valence-electron chi connectivity index (χ0n) is 11.5. The summed E-state index contributed by atoms with van der Waals surface area (Å²) < 4.78 is 0. The van der Waals surface area contributed by atoms with Crippen molar-refractivity contribution in [3.8, 4) is 0 Å². The third kappa shape index (κ3) is 4.40. The number of hydrogen-bond donors (Lipinski definition) is 0. The summed E-state index contributed by atoms with van der Waals surface area (Å²) in [4.78, 5) is 18.5. The number of nitro groups is 1. The number of nitrogens with zero attached hydrogens (tertiary/aromatic N) is 4. The van der Waals surface area contributed by atoms with Crippen LogP contribution in [-0.4, -0.2) is 60.8 Å². The van der Waals surface area contributed by atoms with Crippen molar-refractivity contribution in [1.29, 1.82) is 0 Å². The quantitative estimate of drug-likeness (QED) is 0.241. The van der Waals surface area contributed by atoms with Crippen molar-refractivity contribution < 1.29 is 4.92 Å². The van der Waals surface area contributed by atoms with E-state index in [4.69, 9.17) is 0 Å². The molecule has 0 saturated carbocycles. The van der Waals surface area contributed by atoms with Crippen LogP contribution in [0.3, 0.4) is 0 Å². The molecule has 7 heteroatoms. The summed E-state index contributed by atoms with van der Waals surface area (Å²) >= 11 is 1.26. The second-order valence-corrected chi connectivity index (χ2v) is 4.65. The molecule has 0 aromatic heterocycles. The van der Waals surface area contributed by atoms with Crippen LogP contribution >= 0.6 is 11.8 Å². The van der Waals surface area contributed by atoms with E-state index in [1.807, 2.05) is 0 Å². The lowest BCUT2D eigenvalue weighted by Crippen LogP contribution is -2.30. The van der Waals surface area contributed by atoms with E-state index in [-0.39, 0.29) is 5.70 Å². The van der Waals surface area contributed by atoms with Crippen molar-refractivity contribution in [3.63, 3.8) is 0 Å². The fourth-order valence-corrected chi connectivity index (χ4v) is 2.03. The first-order valence-corrected chi connectivity index (χ1v) is 6.52. The maximum atomic E-state index is 11.3. The van der Waals surface area contributed by atoms with E-state index in [1.165, 1.54) is 11.8 Å². The van der Waals surface area contributed by atoms with Crippen LogP contribution in [0.2, 0.25) is 0 Å². The Morgan fingerprint density at radius 1 is 1.39 bits per heavy atom. The Bertz CT molecular complexity index is 365. The van der Waals surface area contributed by atoms with Crippen LogP contribution in [0, 0.1) is 10.1 Å². The molecule has 0 aromatic rings. The lowest BCUT2D eigenvalue weighted by Gasteiger charge is -2.24. The van der Waals surface area contributed by atoms with Gasteiger partial charge in [0.05, 0.1) is 11.5 Å². The highest BCUT2D eigenvalue weighted by molar-refractivity contribution is 8.13. The van der Waals surface area contributed by atoms with E-state index in [0.29, 0.717) is 17.4 Å². The monoisotopic (exact) mass is 272 g/mol. The Labute approximate surface area is 112 Å². The minimum Gasteiger partial charge on any atom is -0.359 e. The van der Waals surface area contributed by atoms with Crippen molar-refractivity contribution in [1.82, 2.24) is 9.80 Å². The highest BCUT2D eigenvalue weighted by Gasteiger charge is 2.27. The molecule has 0 aliphatic rings. The third-order valence-corrected chi connectivity index (χ3v) is 2.71. The molecule has 0 N–H and O–H groups in total. The largest absolute Gasteiger partial charge is 0.359 e. The smallest absolute Gasteiger partial charge is 0.340 e. The molecule has 102 valence electrons. The van der Waals surface area contributed by atoms with E-state index >= 15 is 0 Å². The summed E-state index contributed by atoms with van der Waals surface area (Å²) in [5.41, 5.74) is 0.0133. The second-order valence-electron chi connectivity index (χ2n) is 3.86. The fourth-order valence-electron chi connectivity index (χ4n) is 1.46. The number of aliphatic imine (C=N–C) groups is 1. The van der Waals surface area contributed by atoms with E-state index in [9.17, 15) is 10.1 Å². The van der Waals surface area contributed by atoms with Gasteiger partial charge in [-0.1, -0.05) is 6.08 Å². The van der Waals surface area contributed by atoms with Crippen LogP contribution in [0.1, 0.15) is 0 Å². The molecule has 0 unspecified atom stereocenters. The molecular weight excluding hydrogens is 252 g/mol. The van der Waals surface area contributed by atoms with Crippen LogP contribution in [0.5, 0.6) is 0 Å². The molecule has 0 heterocycles. The first kappa shape index (κ1) is 16.5. The molecule has 0 aliphatic carbocycles. The summed E-state index contributed by atoms with van der Waals surface area (Å²) in [5, 5.41) is 11.7. The molecular formula is C11H20N4O2S. The van der Waals surface area contributed by atoms with Gasteiger partial charge in [-0.15, -0.1) is 18.3 Å². The molecule has 0 aromatic carbocycles. The maximum absolute atomic E-state index is 11.3. The van der Waals surface area contributed by atoms with Gasteiger partial charge < -0.3 is 9.80 Å².